The Bertz CT molecular complexity index is 468. The number of nitrogens with zero attached hydrogens (tertiary/aromatic N) is 1. The van der Waals surface area contributed by atoms with E-state index in [4.69, 9.17) is 5.73 Å². The zero-order valence-corrected chi connectivity index (χ0v) is 10.8. The number of nitro benzene ring substituents is 1. The van der Waals surface area contributed by atoms with E-state index in [0.29, 0.717) is 17.9 Å². The summed E-state index contributed by atoms with van der Waals surface area (Å²) in [4.78, 5) is 9.89. The fraction of sp³-hybridized carbons (Fsp3) is 0.455. The highest BCUT2D eigenvalue weighted by Gasteiger charge is 2.13. The van der Waals surface area contributed by atoms with E-state index in [9.17, 15) is 18.7 Å². The molecule has 0 bridgehead atoms. The van der Waals surface area contributed by atoms with Crippen molar-refractivity contribution in [2.45, 2.75) is 12.7 Å². The largest absolute Gasteiger partial charge is 0.330 e. The van der Waals surface area contributed by atoms with E-state index in [1.165, 1.54) is 6.07 Å². The molecule has 100 valence electrons. The summed E-state index contributed by atoms with van der Waals surface area (Å²) in [5, 5.41) is 10.6. The van der Waals surface area contributed by atoms with Crippen molar-refractivity contribution in [2.24, 2.45) is 11.7 Å². The van der Waals surface area contributed by atoms with E-state index in [0.717, 1.165) is 12.1 Å². The topological polar surface area (TPSA) is 86.2 Å². The summed E-state index contributed by atoms with van der Waals surface area (Å²) in [6.45, 7) is 2.29. The molecule has 2 N–H and O–H groups in total. The summed E-state index contributed by atoms with van der Waals surface area (Å²) >= 11 is 0. The molecule has 0 saturated heterocycles. The van der Waals surface area contributed by atoms with Crippen molar-refractivity contribution in [3.63, 3.8) is 0 Å². The molecule has 0 saturated carbocycles. The molecule has 0 amide bonds. The molecule has 0 aromatic heterocycles. The Morgan fingerprint density at radius 2 is 2.17 bits per heavy atom. The zero-order chi connectivity index (χ0) is 13.7. The minimum absolute atomic E-state index is 0.100. The number of halogens is 1. The summed E-state index contributed by atoms with van der Waals surface area (Å²) in [6, 6.07) is 3.25. The van der Waals surface area contributed by atoms with Gasteiger partial charge in [-0.05, 0) is 24.1 Å². The lowest BCUT2D eigenvalue weighted by Crippen LogP contribution is -2.18. The number of hydrogen-bond donors (Lipinski definition) is 1. The molecule has 1 rings (SSSR count). The van der Waals surface area contributed by atoms with Crippen molar-refractivity contribution >= 4 is 16.5 Å². The average Bonchev–Trinajstić information content (AvgIpc) is 2.27. The van der Waals surface area contributed by atoms with E-state index in [-0.39, 0.29) is 17.4 Å². The molecule has 0 aliphatic carbocycles. The Kier molecular flexibility index (Phi) is 5.36. The van der Waals surface area contributed by atoms with Crippen LogP contribution in [0.25, 0.3) is 0 Å². The third kappa shape index (κ3) is 4.50. The van der Waals surface area contributed by atoms with Crippen LogP contribution < -0.4 is 5.73 Å². The SMILES string of the molecule is CC(CN)CS(=O)Cc1cc(F)cc([N+](=O)[O-])c1. The maximum atomic E-state index is 13.1. The second kappa shape index (κ2) is 6.55. The molecule has 2 atom stereocenters. The molecule has 18 heavy (non-hydrogen) atoms. The highest BCUT2D eigenvalue weighted by Crippen LogP contribution is 2.17. The van der Waals surface area contributed by atoms with Crippen molar-refractivity contribution in [3.05, 3.63) is 39.7 Å². The molecule has 0 fully saturated rings. The van der Waals surface area contributed by atoms with Gasteiger partial charge >= 0.3 is 0 Å². The lowest BCUT2D eigenvalue weighted by Gasteiger charge is -2.08. The summed E-state index contributed by atoms with van der Waals surface area (Å²) in [7, 11) is -1.20. The Balaban J connectivity index is 2.78. The van der Waals surface area contributed by atoms with Gasteiger partial charge in [0.05, 0.1) is 11.0 Å². The summed E-state index contributed by atoms with van der Waals surface area (Å²) in [5.74, 6) is -0.0820. The summed E-state index contributed by atoms with van der Waals surface area (Å²) < 4.78 is 24.9. The monoisotopic (exact) mass is 274 g/mol. The summed E-state index contributed by atoms with van der Waals surface area (Å²) in [5.41, 5.74) is 5.46. The number of rotatable bonds is 6. The van der Waals surface area contributed by atoms with E-state index in [1.54, 1.807) is 0 Å². The molecule has 0 radical (unpaired) electrons. The van der Waals surface area contributed by atoms with Crippen LogP contribution in [0.1, 0.15) is 12.5 Å². The molecule has 1 aromatic rings. The van der Waals surface area contributed by atoms with Gasteiger partial charge in [-0.25, -0.2) is 4.39 Å². The smallest absolute Gasteiger partial charge is 0.272 e. The van der Waals surface area contributed by atoms with Crippen LogP contribution >= 0.6 is 0 Å². The fourth-order valence-electron chi connectivity index (χ4n) is 1.45. The quantitative estimate of drug-likeness (QED) is 0.630. The van der Waals surface area contributed by atoms with E-state index >= 15 is 0 Å². The molecule has 1 aromatic carbocycles. The Hall–Kier alpha value is -1.34. The molecule has 0 heterocycles. The lowest BCUT2D eigenvalue weighted by atomic mass is 10.2. The Labute approximate surface area is 107 Å². The van der Waals surface area contributed by atoms with Gasteiger partial charge in [-0.2, -0.15) is 0 Å². The van der Waals surface area contributed by atoms with Crippen molar-refractivity contribution in [2.75, 3.05) is 12.3 Å². The van der Waals surface area contributed by atoms with Gasteiger partial charge in [0, 0.05) is 28.4 Å². The lowest BCUT2D eigenvalue weighted by molar-refractivity contribution is -0.385. The van der Waals surface area contributed by atoms with Crippen LogP contribution in [0.15, 0.2) is 18.2 Å². The molecule has 0 spiro atoms. The van der Waals surface area contributed by atoms with Crippen molar-refractivity contribution < 1.29 is 13.5 Å². The number of benzene rings is 1. The van der Waals surface area contributed by atoms with Gasteiger partial charge in [0.1, 0.15) is 5.82 Å². The maximum Gasteiger partial charge on any atom is 0.272 e. The first-order valence-electron chi connectivity index (χ1n) is 5.41. The fourth-order valence-corrected chi connectivity index (χ4v) is 2.88. The van der Waals surface area contributed by atoms with Crippen molar-refractivity contribution in [1.29, 1.82) is 0 Å². The molecular weight excluding hydrogens is 259 g/mol. The normalized spacial score (nSPS) is 14.2. The number of nitrogens with two attached hydrogens (primary N) is 1. The first-order chi connectivity index (χ1) is 8.42. The van der Waals surface area contributed by atoms with Crippen LogP contribution in [-0.2, 0) is 16.6 Å². The van der Waals surface area contributed by atoms with Gasteiger partial charge in [0.2, 0.25) is 0 Å². The Morgan fingerprint density at radius 3 is 2.72 bits per heavy atom. The number of nitro groups is 1. The maximum absolute atomic E-state index is 13.1. The second-order valence-corrected chi connectivity index (χ2v) is 5.67. The van der Waals surface area contributed by atoms with Crippen molar-refractivity contribution in [1.82, 2.24) is 0 Å². The first-order valence-corrected chi connectivity index (χ1v) is 6.90. The van der Waals surface area contributed by atoms with E-state index < -0.39 is 21.5 Å². The standard InChI is InChI=1S/C11H15FN2O3S/c1-8(5-13)6-18(17)7-9-2-10(12)4-11(3-9)14(15)16/h2-4,8H,5-7,13H2,1H3. The van der Waals surface area contributed by atoms with Crippen molar-refractivity contribution in [3.8, 4) is 0 Å². The molecule has 7 heteroatoms. The average molecular weight is 274 g/mol. The molecule has 2 unspecified atom stereocenters. The third-order valence-electron chi connectivity index (χ3n) is 2.35. The Morgan fingerprint density at radius 1 is 1.50 bits per heavy atom. The minimum atomic E-state index is -1.20. The third-order valence-corrected chi connectivity index (χ3v) is 3.95. The second-order valence-electron chi connectivity index (χ2n) is 4.17. The van der Waals surface area contributed by atoms with E-state index in [1.807, 2.05) is 6.92 Å². The van der Waals surface area contributed by atoms with Gasteiger partial charge in [0.25, 0.3) is 5.69 Å². The highest BCUT2D eigenvalue weighted by molar-refractivity contribution is 7.84. The van der Waals surface area contributed by atoms with Crippen LogP contribution in [-0.4, -0.2) is 21.4 Å². The minimum Gasteiger partial charge on any atom is -0.330 e. The van der Waals surface area contributed by atoms with Crippen LogP contribution in [0, 0.1) is 21.8 Å². The molecule has 0 aliphatic heterocycles. The van der Waals surface area contributed by atoms with Gasteiger partial charge in [-0.3, -0.25) is 14.3 Å². The van der Waals surface area contributed by atoms with Gasteiger partial charge in [0.15, 0.2) is 0 Å². The molecule has 5 nitrogen and oxygen atoms in total. The number of non-ortho nitro benzene ring substituents is 1. The predicted molar refractivity (Wildman–Crippen MR) is 68.0 cm³/mol. The van der Waals surface area contributed by atoms with Crippen LogP contribution in [0.2, 0.25) is 0 Å². The molecular formula is C11H15FN2O3S. The van der Waals surface area contributed by atoms with Crippen LogP contribution in [0.4, 0.5) is 10.1 Å². The zero-order valence-electron chi connectivity index (χ0n) is 9.97. The van der Waals surface area contributed by atoms with E-state index in [2.05, 4.69) is 0 Å². The van der Waals surface area contributed by atoms with Gasteiger partial charge < -0.3 is 5.73 Å². The van der Waals surface area contributed by atoms with Gasteiger partial charge in [-0.15, -0.1) is 0 Å². The molecule has 0 aliphatic rings. The predicted octanol–water partition coefficient (Wildman–Crippen LogP) is 1.58. The van der Waals surface area contributed by atoms with Crippen LogP contribution in [0.5, 0.6) is 0 Å². The number of hydrogen-bond acceptors (Lipinski definition) is 4. The first kappa shape index (κ1) is 14.7. The highest BCUT2D eigenvalue weighted by atomic mass is 32.2. The van der Waals surface area contributed by atoms with Gasteiger partial charge in [-0.1, -0.05) is 6.92 Å². The van der Waals surface area contributed by atoms with Crippen LogP contribution in [0.3, 0.4) is 0 Å². The summed E-state index contributed by atoms with van der Waals surface area (Å²) in [6.07, 6.45) is 0.